The fourth-order valence-corrected chi connectivity index (χ4v) is 3.67. The van der Waals surface area contributed by atoms with E-state index < -0.39 is 0 Å². The molecule has 1 atom stereocenters. The molecule has 0 aliphatic carbocycles. The van der Waals surface area contributed by atoms with Crippen molar-refractivity contribution in [3.63, 3.8) is 0 Å². The van der Waals surface area contributed by atoms with Gasteiger partial charge < -0.3 is 9.80 Å². The van der Waals surface area contributed by atoms with Crippen LogP contribution < -0.4 is 9.80 Å². The highest BCUT2D eigenvalue weighted by molar-refractivity contribution is 5.47. The third-order valence-corrected chi connectivity index (χ3v) is 5.11. The van der Waals surface area contributed by atoms with Crippen molar-refractivity contribution in [2.75, 3.05) is 22.9 Å². The number of rotatable bonds is 6. The predicted octanol–water partition coefficient (Wildman–Crippen LogP) is 4.58. The molecule has 1 aromatic heterocycles. The Balaban J connectivity index is 1.87. The maximum absolute atomic E-state index is 4.96. The largest absolute Gasteiger partial charge is 0.352 e. The van der Waals surface area contributed by atoms with E-state index in [4.69, 9.17) is 9.97 Å². The molecule has 1 unspecified atom stereocenters. The summed E-state index contributed by atoms with van der Waals surface area (Å²) in [5, 5.41) is 0. The monoisotopic (exact) mass is 338 g/mol. The summed E-state index contributed by atoms with van der Waals surface area (Å²) < 4.78 is 0. The van der Waals surface area contributed by atoms with E-state index in [-0.39, 0.29) is 0 Å². The van der Waals surface area contributed by atoms with Gasteiger partial charge in [-0.15, -0.1) is 0 Å². The normalized spacial score (nSPS) is 17.6. The van der Waals surface area contributed by atoms with Crippen LogP contribution in [-0.4, -0.2) is 29.1 Å². The van der Waals surface area contributed by atoms with Crippen molar-refractivity contribution in [2.24, 2.45) is 0 Å². The molecule has 3 rings (SSSR count). The van der Waals surface area contributed by atoms with Crippen LogP contribution in [0.4, 0.5) is 11.8 Å². The van der Waals surface area contributed by atoms with E-state index in [1.165, 1.54) is 24.8 Å². The molecule has 0 amide bonds. The van der Waals surface area contributed by atoms with Gasteiger partial charge in [-0.05, 0) is 45.1 Å². The Morgan fingerprint density at radius 2 is 1.92 bits per heavy atom. The second-order valence-corrected chi connectivity index (χ2v) is 6.92. The van der Waals surface area contributed by atoms with Gasteiger partial charge in [-0.25, -0.2) is 4.98 Å². The van der Waals surface area contributed by atoms with Crippen LogP contribution in [0.1, 0.15) is 50.8 Å². The molecule has 2 heterocycles. The number of aryl methyl sites for hydroxylation is 1. The summed E-state index contributed by atoms with van der Waals surface area (Å²) in [4.78, 5) is 14.5. The second kappa shape index (κ2) is 8.32. The van der Waals surface area contributed by atoms with Crippen LogP contribution in [0.15, 0.2) is 36.4 Å². The Morgan fingerprint density at radius 1 is 1.12 bits per heavy atom. The number of benzene rings is 1. The summed E-state index contributed by atoms with van der Waals surface area (Å²) in [6.45, 7) is 9.43. The fraction of sp³-hybridized carbons (Fsp3) is 0.524. The van der Waals surface area contributed by atoms with Crippen molar-refractivity contribution in [1.29, 1.82) is 0 Å². The minimum absolute atomic E-state index is 0.576. The lowest BCUT2D eigenvalue weighted by Gasteiger charge is -2.36. The molecule has 0 radical (unpaired) electrons. The van der Waals surface area contributed by atoms with Gasteiger partial charge >= 0.3 is 0 Å². The van der Waals surface area contributed by atoms with Crippen molar-refractivity contribution in [3.05, 3.63) is 47.7 Å². The van der Waals surface area contributed by atoms with E-state index in [2.05, 4.69) is 67.0 Å². The topological polar surface area (TPSA) is 32.3 Å². The van der Waals surface area contributed by atoms with Crippen molar-refractivity contribution < 1.29 is 0 Å². The van der Waals surface area contributed by atoms with Gasteiger partial charge in [-0.1, -0.05) is 37.3 Å². The summed E-state index contributed by atoms with van der Waals surface area (Å²) in [6, 6.07) is 13.3. The number of hydrogen-bond acceptors (Lipinski definition) is 4. The highest BCUT2D eigenvalue weighted by Crippen LogP contribution is 2.26. The Labute approximate surface area is 151 Å². The summed E-state index contributed by atoms with van der Waals surface area (Å²) in [5.74, 6) is 1.95. The van der Waals surface area contributed by atoms with Gasteiger partial charge in [0.05, 0.1) is 0 Å². The molecule has 0 N–H and O–H groups in total. The van der Waals surface area contributed by atoms with E-state index >= 15 is 0 Å². The van der Waals surface area contributed by atoms with E-state index in [1.807, 2.05) is 0 Å². The molecular formula is C21H30N4. The summed E-state index contributed by atoms with van der Waals surface area (Å²) in [6.07, 6.45) is 4.98. The van der Waals surface area contributed by atoms with Crippen molar-refractivity contribution in [1.82, 2.24) is 9.97 Å². The molecule has 134 valence electrons. The molecule has 1 aromatic carbocycles. The van der Waals surface area contributed by atoms with Gasteiger partial charge in [0.25, 0.3) is 0 Å². The van der Waals surface area contributed by atoms with Crippen LogP contribution in [-0.2, 0) is 6.54 Å². The summed E-state index contributed by atoms with van der Waals surface area (Å²) >= 11 is 0. The van der Waals surface area contributed by atoms with Crippen LogP contribution in [0.2, 0.25) is 0 Å². The van der Waals surface area contributed by atoms with Gasteiger partial charge in [0.1, 0.15) is 5.82 Å². The van der Waals surface area contributed by atoms with Crippen LogP contribution in [0, 0.1) is 6.92 Å². The Morgan fingerprint density at radius 3 is 2.64 bits per heavy atom. The second-order valence-electron chi connectivity index (χ2n) is 6.92. The van der Waals surface area contributed by atoms with Crippen LogP contribution in [0.25, 0.3) is 0 Å². The zero-order valence-electron chi connectivity index (χ0n) is 15.8. The lowest BCUT2D eigenvalue weighted by atomic mass is 10.0. The molecule has 1 aliphatic heterocycles. The first-order valence-corrected chi connectivity index (χ1v) is 9.62. The molecule has 1 aliphatic rings. The molecule has 1 saturated heterocycles. The van der Waals surface area contributed by atoms with Gasteiger partial charge in [0.2, 0.25) is 5.95 Å². The molecule has 0 bridgehead atoms. The Bertz CT molecular complexity index is 671. The van der Waals surface area contributed by atoms with E-state index in [0.717, 1.165) is 43.5 Å². The minimum Gasteiger partial charge on any atom is -0.352 e. The molecule has 0 saturated carbocycles. The zero-order valence-corrected chi connectivity index (χ0v) is 15.8. The van der Waals surface area contributed by atoms with Gasteiger partial charge in [-0.2, -0.15) is 4.98 Å². The lowest BCUT2D eigenvalue weighted by Crippen LogP contribution is -2.40. The SMILES string of the molecule is CCC1CCCCN1c1nc(C)cc(N(CC)Cc2ccccc2)n1. The molecular weight excluding hydrogens is 308 g/mol. The summed E-state index contributed by atoms with van der Waals surface area (Å²) in [7, 11) is 0. The van der Waals surface area contributed by atoms with Gasteiger partial charge in [0, 0.05) is 37.4 Å². The number of piperidine rings is 1. The lowest BCUT2D eigenvalue weighted by molar-refractivity contribution is 0.443. The van der Waals surface area contributed by atoms with Crippen molar-refractivity contribution in [3.8, 4) is 0 Å². The minimum atomic E-state index is 0.576. The maximum Gasteiger partial charge on any atom is 0.227 e. The third kappa shape index (κ3) is 4.30. The average Bonchev–Trinajstić information content (AvgIpc) is 2.66. The van der Waals surface area contributed by atoms with Crippen molar-refractivity contribution >= 4 is 11.8 Å². The molecule has 4 heteroatoms. The third-order valence-electron chi connectivity index (χ3n) is 5.11. The Kier molecular flexibility index (Phi) is 5.90. The molecule has 4 nitrogen and oxygen atoms in total. The standard InChI is InChI=1S/C21H30N4/c1-4-19-13-9-10-14-25(19)21-22-17(3)15-20(23-21)24(5-2)16-18-11-7-6-8-12-18/h6-8,11-12,15,19H,4-5,9-10,13-14,16H2,1-3H3. The predicted molar refractivity (Wildman–Crippen MR) is 105 cm³/mol. The van der Waals surface area contributed by atoms with Gasteiger partial charge in [-0.3, -0.25) is 0 Å². The molecule has 0 spiro atoms. The Hall–Kier alpha value is -2.10. The first kappa shape index (κ1) is 17.7. The maximum atomic E-state index is 4.96. The van der Waals surface area contributed by atoms with Crippen LogP contribution >= 0.6 is 0 Å². The van der Waals surface area contributed by atoms with E-state index in [0.29, 0.717) is 6.04 Å². The highest BCUT2D eigenvalue weighted by atomic mass is 15.3. The van der Waals surface area contributed by atoms with E-state index in [9.17, 15) is 0 Å². The molecule has 25 heavy (non-hydrogen) atoms. The first-order valence-electron chi connectivity index (χ1n) is 9.62. The molecule has 2 aromatic rings. The first-order chi connectivity index (χ1) is 12.2. The number of nitrogens with zero attached hydrogens (tertiary/aromatic N) is 4. The summed E-state index contributed by atoms with van der Waals surface area (Å²) in [5.41, 5.74) is 2.36. The van der Waals surface area contributed by atoms with Crippen molar-refractivity contribution in [2.45, 2.75) is 59.0 Å². The number of aromatic nitrogens is 2. The number of hydrogen-bond donors (Lipinski definition) is 0. The quantitative estimate of drug-likeness (QED) is 0.772. The fourth-order valence-electron chi connectivity index (χ4n) is 3.67. The van der Waals surface area contributed by atoms with Crippen LogP contribution in [0.3, 0.4) is 0 Å². The zero-order chi connectivity index (χ0) is 17.6. The average molecular weight is 338 g/mol. The van der Waals surface area contributed by atoms with Gasteiger partial charge in [0.15, 0.2) is 0 Å². The molecule has 1 fully saturated rings. The smallest absolute Gasteiger partial charge is 0.227 e. The number of anilines is 2. The van der Waals surface area contributed by atoms with E-state index in [1.54, 1.807) is 0 Å². The highest BCUT2D eigenvalue weighted by Gasteiger charge is 2.24. The van der Waals surface area contributed by atoms with Crippen LogP contribution in [0.5, 0.6) is 0 Å².